The predicted octanol–water partition coefficient (Wildman–Crippen LogP) is 4.31. The van der Waals surface area contributed by atoms with Gasteiger partial charge in [-0.3, -0.25) is 0 Å². The molecule has 0 aromatic carbocycles. The van der Waals surface area contributed by atoms with Gasteiger partial charge in [0.05, 0.1) is 0 Å². The van der Waals surface area contributed by atoms with Crippen LogP contribution in [0.5, 0.6) is 0 Å². The summed E-state index contributed by atoms with van der Waals surface area (Å²) >= 11 is 0. The highest BCUT2D eigenvalue weighted by atomic mass is 15.0. The lowest BCUT2D eigenvalue weighted by Crippen LogP contribution is -2.60. The summed E-state index contributed by atoms with van der Waals surface area (Å²) < 4.78 is 0. The Morgan fingerprint density at radius 3 is 2.17 bits per heavy atom. The molecule has 0 aromatic heterocycles. The summed E-state index contributed by atoms with van der Waals surface area (Å²) in [5, 5.41) is 7.66. The molecule has 6 fully saturated rings. The SMILES string of the molecule is C[C@H]1[C@H]2C[C@H](C[C@H]1NCCNC[C@H]1CC[C@@H]3C[C@@H]1C3(C)C)C2(C)C. The summed E-state index contributed by atoms with van der Waals surface area (Å²) in [4.78, 5) is 0. The maximum Gasteiger partial charge on any atom is 0.00989 e. The van der Waals surface area contributed by atoms with Crippen molar-refractivity contribution in [2.24, 2.45) is 46.3 Å². The van der Waals surface area contributed by atoms with E-state index in [0.717, 1.165) is 54.6 Å². The molecular weight excluding hydrogens is 292 g/mol. The molecule has 6 saturated carbocycles. The van der Waals surface area contributed by atoms with Crippen LogP contribution in [0.15, 0.2) is 0 Å². The number of hydrogen-bond acceptors (Lipinski definition) is 2. The van der Waals surface area contributed by atoms with Gasteiger partial charge >= 0.3 is 0 Å². The highest BCUT2D eigenvalue weighted by Gasteiger charge is 2.56. The van der Waals surface area contributed by atoms with E-state index in [4.69, 9.17) is 0 Å². The number of hydrogen-bond donors (Lipinski definition) is 2. The fourth-order valence-corrected chi connectivity index (χ4v) is 7.26. The third-order valence-corrected chi connectivity index (χ3v) is 9.47. The van der Waals surface area contributed by atoms with Crippen molar-refractivity contribution in [3.63, 3.8) is 0 Å². The van der Waals surface area contributed by atoms with Gasteiger partial charge in [-0.15, -0.1) is 0 Å². The summed E-state index contributed by atoms with van der Waals surface area (Å²) in [6.45, 7) is 16.1. The first kappa shape index (κ1) is 17.3. The predicted molar refractivity (Wildman–Crippen MR) is 102 cm³/mol. The maximum atomic E-state index is 3.88. The fraction of sp³-hybridized carbons (Fsp3) is 1.00. The van der Waals surface area contributed by atoms with E-state index in [0.29, 0.717) is 10.8 Å². The number of fused-ring (bicyclic) bond motifs is 4. The first-order valence-electron chi connectivity index (χ1n) is 10.8. The molecule has 6 aliphatic rings. The van der Waals surface area contributed by atoms with Crippen molar-refractivity contribution >= 4 is 0 Å². The van der Waals surface area contributed by atoms with Crippen molar-refractivity contribution in [3.05, 3.63) is 0 Å². The van der Waals surface area contributed by atoms with Crippen molar-refractivity contribution in [2.75, 3.05) is 19.6 Å². The Hall–Kier alpha value is -0.0800. The molecule has 0 amide bonds. The minimum absolute atomic E-state index is 0.615. The molecule has 138 valence electrons. The van der Waals surface area contributed by atoms with Gasteiger partial charge in [-0.25, -0.2) is 0 Å². The Balaban J connectivity index is 1.15. The lowest BCUT2D eigenvalue weighted by atomic mass is 9.45. The lowest BCUT2D eigenvalue weighted by molar-refractivity contribution is -0.115. The smallest absolute Gasteiger partial charge is 0.00989 e. The number of nitrogens with one attached hydrogen (secondary N) is 2. The molecule has 6 aliphatic carbocycles. The molecule has 0 heterocycles. The van der Waals surface area contributed by atoms with Gasteiger partial charge in [0.25, 0.3) is 0 Å². The van der Waals surface area contributed by atoms with E-state index in [1.807, 2.05) is 0 Å². The molecule has 0 radical (unpaired) electrons. The zero-order valence-electron chi connectivity index (χ0n) is 16.7. The van der Waals surface area contributed by atoms with Crippen LogP contribution >= 0.6 is 0 Å². The van der Waals surface area contributed by atoms with Crippen LogP contribution in [0.1, 0.15) is 66.7 Å². The molecule has 4 bridgehead atoms. The second-order valence-corrected chi connectivity index (χ2v) is 10.9. The Morgan fingerprint density at radius 1 is 0.833 bits per heavy atom. The van der Waals surface area contributed by atoms with Gasteiger partial charge < -0.3 is 10.6 Å². The van der Waals surface area contributed by atoms with Gasteiger partial charge in [0.1, 0.15) is 0 Å². The molecule has 24 heavy (non-hydrogen) atoms. The largest absolute Gasteiger partial charge is 0.315 e. The second-order valence-electron chi connectivity index (χ2n) is 10.9. The first-order valence-corrected chi connectivity index (χ1v) is 10.8. The van der Waals surface area contributed by atoms with E-state index in [2.05, 4.69) is 45.3 Å². The van der Waals surface area contributed by atoms with Gasteiger partial charge in [0, 0.05) is 19.1 Å². The van der Waals surface area contributed by atoms with Crippen LogP contribution in [-0.2, 0) is 0 Å². The van der Waals surface area contributed by atoms with Crippen LogP contribution in [0.3, 0.4) is 0 Å². The van der Waals surface area contributed by atoms with Gasteiger partial charge in [-0.2, -0.15) is 0 Å². The van der Waals surface area contributed by atoms with E-state index in [1.54, 1.807) is 0 Å². The quantitative estimate of drug-likeness (QED) is 0.708. The topological polar surface area (TPSA) is 24.1 Å². The minimum atomic E-state index is 0.615. The van der Waals surface area contributed by atoms with Crippen LogP contribution in [0, 0.1) is 46.3 Å². The summed E-state index contributed by atoms with van der Waals surface area (Å²) in [6, 6.07) is 0.768. The van der Waals surface area contributed by atoms with Gasteiger partial charge in [0.2, 0.25) is 0 Å². The van der Waals surface area contributed by atoms with Crippen LogP contribution in [0.4, 0.5) is 0 Å². The summed E-state index contributed by atoms with van der Waals surface area (Å²) in [5.41, 5.74) is 1.25. The molecule has 0 saturated heterocycles. The average molecular weight is 333 g/mol. The summed E-state index contributed by atoms with van der Waals surface area (Å²) in [6.07, 6.45) is 7.36. The Bertz CT molecular complexity index is 467. The normalized spacial score (nSPS) is 47.6. The maximum absolute atomic E-state index is 3.88. The van der Waals surface area contributed by atoms with E-state index < -0.39 is 0 Å². The Kier molecular flexibility index (Phi) is 4.32. The van der Waals surface area contributed by atoms with E-state index in [9.17, 15) is 0 Å². The number of rotatable bonds is 6. The third-order valence-electron chi connectivity index (χ3n) is 9.47. The highest BCUT2D eigenvalue weighted by Crippen LogP contribution is 2.62. The molecule has 2 nitrogen and oxygen atoms in total. The molecule has 2 heteroatoms. The molecule has 6 rings (SSSR count). The van der Waals surface area contributed by atoms with Crippen molar-refractivity contribution in [1.82, 2.24) is 10.6 Å². The van der Waals surface area contributed by atoms with Crippen molar-refractivity contribution in [2.45, 2.75) is 72.8 Å². The molecule has 7 atom stereocenters. The van der Waals surface area contributed by atoms with E-state index in [-0.39, 0.29) is 0 Å². The van der Waals surface area contributed by atoms with Crippen molar-refractivity contribution < 1.29 is 0 Å². The highest BCUT2D eigenvalue weighted by molar-refractivity contribution is 5.07. The second kappa shape index (κ2) is 5.98. The molecule has 0 aliphatic heterocycles. The molecule has 0 spiro atoms. The Morgan fingerprint density at radius 2 is 1.54 bits per heavy atom. The monoisotopic (exact) mass is 332 g/mol. The van der Waals surface area contributed by atoms with Crippen LogP contribution in [0.25, 0.3) is 0 Å². The van der Waals surface area contributed by atoms with E-state index >= 15 is 0 Å². The molecule has 0 unspecified atom stereocenters. The molecular formula is C22H40N2. The van der Waals surface area contributed by atoms with Crippen LogP contribution in [-0.4, -0.2) is 25.7 Å². The van der Waals surface area contributed by atoms with Crippen molar-refractivity contribution in [1.29, 1.82) is 0 Å². The standard InChI is InChI=1S/C22H40N2/c1-14-18-11-17(22(18,4)5)12-20(14)24-9-8-23-13-15-6-7-16-10-19(15)21(16,2)3/h14-20,23-24H,6-13H2,1-5H3/t14-,15+,16+,17+,18+,19-,20+/m0/s1. The van der Waals surface area contributed by atoms with E-state index in [1.165, 1.54) is 38.6 Å². The summed E-state index contributed by atoms with van der Waals surface area (Å²) in [5.74, 6) is 5.74. The summed E-state index contributed by atoms with van der Waals surface area (Å²) in [7, 11) is 0. The van der Waals surface area contributed by atoms with Gasteiger partial charge in [0.15, 0.2) is 0 Å². The van der Waals surface area contributed by atoms with Crippen molar-refractivity contribution in [3.8, 4) is 0 Å². The van der Waals surface area contributed by atoms with Crippen LogP contribution in [0.2, 0.25) is 0 Å². The fourth-order valence-electron chi connectivity index (χ4n) is 7.26. The average Bonchev–Trinajstić information content (AvgIpc) is 2.55. The molecule has 2 N–H and O–H groups in total. The van der Waals surface area contributed by atoms with Crippen LogP contribution < -0.4 is 10.6 Å². The zero-order valence-corrected chi connectivity index (χ0v) is 16.7. The third kappa shape index (κ3) is 2.58. The lowest BCUT2D eigenvalue weighted by Gasteiger charge is -2.62. The minimum Gasteiger partial charge on any atom is -0.315 e. The first-order chi connectivity index (χ1) is 11.3. The molecule has 0 aromatic rings. The van der Waals surface area contributed by atoms with Gasteiger partial charge in [-0.1, -0.05) is 34.6 Å². The van der Waals surface area contributed by atoms with Gasteiger partial charge in [-0.05, 0) is 85.0 Å². The Labute approximate surface area is 149 Å². The zero-order chi connectivity index (χ0) is 17.1.